The van der Waals surface area contributed by atoms with E-state index in [4.69, 9.17) is 9.47 Å². The Balaban J connectivity index is 1.78. The number of amides is 1. The van der Waals surface area contributed by atoms with Crippen LogP contribution in [-0.2, 0) is 6.54 Å². The molecule has 1 amide bonds. The van der Waals surface area contributed by atoms with Gasteiger partial charge < -0.3 is 14.8 Å². The Labute approximate surface area is 131 Å². The summed E-state index contributed by atoms with van der Waals surface area (Å²) in [7, 11) is 3.05. The number of nitrogens with one attached hydrogen (secondary N) is 1. The molecule has 0 aliphatic carbocycles. The first-order valence-corrected chi connectivity index (χ1v) is 7.51. The van der Waals surface area contributed by atoms with Gasteiger partial charge in [0.2, 0.25) is 0 Å². The lowest BCUT2D eigenvalue weighted by atomic mass is 10.1. The summed E-state index contributed by atoms with van der Waals surface area (Å²) in [4.78, 5) is 17.8. The Morgan fingerprint density at radius 2 is 2.05 bits per heavy atom. The fraction of sp³-hybridized carbons (Fsp3) is 0.200. The van der Waals surface area contributed by atoms with Crippen molar-refractivity contribution in [3.63, 3.8) is 0 Å². The average Bonchev–Trinajstić information content (AvgIpc) is 3.12. The molecule has 3 aromatic rings. The highest BCUT2D eigenvalue weighted by atomic mass is 32.1. The van der Waals surface area contributed by atoms with Gasteiger partial charge in [-0.25, -0.2) is 4.98 Å². The standard InChI is InChI=1S/C15H15N3O3S/c1-20-11-4-3-5-12(21-2)13(11)14(19)16-8-10-9-18-6-7-22-15(18)17-10/h3-7,9H,8H2,1-2H3,(H,16,19). The quantitative estimate of drug-likeness (QED) is 0.784. The van der Waals surface area contributed by atoms with Crippen LogP contribution in [0.3, 0.4) is 0 Å². The number of aromatic nitrogens is 2. The van der Waals surface area contributed by atoms with Crippen LogP contribution in [0.25, 0.3) is 4.96 Å². The largest absolute Gasteiger partial charge is 0.496 e. The maximum absolute atomic E-state index is 12.4. The number of fused-ring (bicyclic) bond motifs is 1. The predicted molar refractivity (Wildman–Crippen MR) is 83.8 cm³/mol. The zero-order valence-corrected chi connectivity index (χ0v) is 13.0. The predicted octanol–water partition coefficient (Wildman–Crippen LogP) is 2.34. The SMILES string of the molecule is COc1cccc(OC)c1C(=O)NCc1cn2ccsc2n1. The van der Waals surface area contributed by atoms with Crippen LogP contribution in [0.5, 0.6) is 11.5 Å². The molecule has 0 bridgehead atoms. The van der Waals surface area contributed by atoms with Crippen molar-refractivity contribution in [3.05, 3.63) is 47.2 Å². The van der Waals surface area contributed by atoms with E-state index in [2.05, 4.69) is 10.3 Å². The number of carbonyl (C=O) groups is 1. The van der Waals surface area contributed by atoms with Crippen molar-refractivity contribution >= 4 is 22.2 Å². The minimum Gasteiger partial charge on any atom is -0.496 e. The van der Waals surface area contributed by atoms with Gasteiger partial charge in [-0.1, -0.05) is 6.07 Å². The minimum absolute atomic E-state index is 0.259. The lowest BCUT2D eigenvalue weighted by Gasteiger charge is -2.12. The van der Waals surface area contributed by atoms with Crippen LogP contribution in [0.15, 0.2) is 36.0 Å². The normalized spacial score (nSPS) is 10.6. The number of rotatable bonds is 5. The second-order valence-corrected chi connectivity index (χ2v) is 5.42. The first-order valence-electron chi connectivity index (χ1n) is 6.63. The molecule has 6 nitrogen and oxygen atoms in total. The summed E-state index contributed by atoms with van der Waals surface area (Å²) >= 11 is 1.55. The molecule has 22 heavy (non-hydrogen) atoms. The molecule has 114 valence electrons. The molecule has 7 heteroatoms. The molecule has 0 unspecified atom stereocenters. The lowest BCUT2D eigenvalue weighted by molar-refractivity contribution is 0.0944. The number of methoxy groups -OCH3 is 2. The summed E-state index contributed by atoms with van der Waals surface area (Å²) in [6.07, 6.45) is 3.83. The van der Waals surface area contributed by atoms with Crippen molar-refractivity contribution in [1.82, 2.24) is 14.7 Å². The third kappa shape index (κ3) is 2.62. The summed E-state index contributed by atoms with van der Waals surface area (Å²) < 4.78 is 12.4. The van der Waals surface area contributed by atoms with Crippen molar-refractivity contribution in [3.8, 4) is 11.5 Å². The van der Waals surface area contributed by atoms with E-state index in [0.29, 0.717) is 23.6 Å². The molecule has 0 saturated carbocycles. The minimum atomic E-state index is -0.259. The maximum atomic E-state index is 12.4. The van der Waals surface area contributed by atoms with Crippen LogP contribution in [0.4, 0.5) is 0 Å². The van der Waals surface area contributed by atoms with E-state index in [1.807, 2.05) is 22.2 Å². The van der Waals surface area contributed by atoms with Gasteiger partial charge in [-0.05, 0) is 12.1 Å². The van der Waals surface area contributed by atoms with Gasteiger partial charge in [-0.3, -0.25) is 9.20 Å². The first kappa shape index (κ1) is 14.4. The van der Waals surface area contributed by atoms with Gasteiger partial charge in [0.1, 0.15) is 17.1 Å². The number of hydrogen-bond acceptors (Lipinski definition) is 5. The summed E-state index contributed by atoms with van der Waals surface area (Å²) in [5, 5.41) is 4.81. The maximum Gasteiger partial charge on any atom is 0.259 e. The molecule has 0 aliphatic rings. The van der Waals surface area contributed by atoms with Crippen LogP contribution >= 0.6 is 11.3 Å². The zero-order valence-electron chi connectivity index (χ0n) is 12.2. The molecule has 0 saturated heterocycles. The van der Waals surface area contributed by atoms with E-state index >= 15 is 0 Å². The Hall–Kier alpha value is -2.54. The number of thiazole rings is 1. The number of imidazole rings is 1. The highest BCUT2D eigenvalue weighted by Gasteiger charge is 2.18. The molecule has 1 N–H and O–H groups in total. The van der Waals surface area contributed by atoms with Gasteiger partial charge in [0.15, 0.2) is 4.96 Å². The summed E-state index contributed by atoms with van der Waals surface area (Å²) in [5.41, 5.74) is 1.18. The number of hydrogen-bond donors (Lipinski definition) is 1. The fourth-order valence-corrected chi connectivity index (χ4v) is 2.91. The lowest BCUT2D eigenvalue weighted by Crippen LogP contribution is -2.24. The number of benzene rings is 1. The van der Waals surface area contributed by atoms with Gasteiger partial charge in [-0.2, -0.15) is 0 Å². The molecule has 0 aliphatic heterocycles. The molecule has 1 aromatic carbocycles. The van der Waals surface area contributed by atoms with Crippen LogP contribution in [0, 0.1) is 0 Å². The van der Waals surface area contributed by atoms with Gasteiger partial charge >= 0.3 is 0 Å². The molecule has 2 aromatic heterocycles. The third-order valence-electron chi connectivity index (χ3n) is 3.23. The van der Waals surface area contributed by atoms with Crippen molar-refractivity contribution in [2.45, 2.75) is 6.54 Å². The summed E-state index contributed by atoms with van der Waals surface area (Å²) in [6, 6.07) is 5.23. The number of nitrogens with zero attached hydrogens (tertiary/aromatic N) is 2. The Kier molecular flexibility index (Phi) is 3.97. The van der Waals surface area contributed by atoms with E-state index in [-0.39, 0.29) is 5.91 Å². The van der Waals surface area contributed by atoms with Crippen LogP contribution in [0.1, 0.15) is 16.1 Å². The van der Waals surface area contributed by atoms with Gasteiger partial charge in [0, 0.05) is 17.8 Å². The van der Waals surface area contributed by atoms with Gasteiger partial charge in [-0.15, -0.1) is 11.3 Å². The van der Waals surface area contributed by atoms with Gasteiger partial charge in [0.25, 0.3) is 5.91 Å². The van der Waals surface area contributed by atoms with E-state index in [1.165, 1.54) is 14.2 Å². The topological polar surface area (TPSA) is 64.9 Å². The smallest absolute Gasteiger partial charge is 0.259 e. The van der Waals surface area contributed by atoms with E-state index in [9.17, 15) is 4.79 Å². The molecule has 0 atom stereocenters. The van der Waals surface area contributed by atoms with Crippen molar-refractivity contribution in [1.29, 1.82) is 0 Å². The zero-order chi connectivity index (χ0) is 15.5. The molecule has 0 fully saturated rings. The highest BCUT2D eigenvalue weighted by molar-refractivity contribution is 7.15. The van der Waals surface area contributed by atoms with Gasteiger partial charge in [0.05, 0.1) is 26.5 Å². The van der Waals surface area contributed by atoms with E-state index < -0.39 is 0 Å². The molecular weight excluding hydrogens is 302 g/mol. The van der Waals surface area contributed by atoms with Crippen molar-refractivity contribution in [2.75, 3.05) is 14.2 Å². The fourth-order valence-electron chi connectivity index (χ4n) is 2.20. The summed E-state index contributed by atoms with van der Waals surface area (Å²) in [6.45, 7) is 0.342. The first-order chi connectivity index (χ1) is 10.7. The van der Waals surface area contributed by atoms with Crippen LogP contribution < -0.4 is 14.8 Å². The van der Waals surface area contributed by atoms with Crippen molar-refractivity contribution < 1.29 is 14.3 Å². The number of carbonyl (C=O) groups excluding carboxylic acids is 1. The van der Waals surface area contributed by atoms with Crippen LogP contribution in [-0.4, -0.2) is 29.5 Å². The van der Waals surface area contributed by atoms with Crippen LogP contribution in [0.2, 0.25) is 0 Å². The Morgan fingerprint density at radius 3 is 2.68 bits per heavy atom. The molecule has 0 radical (unpaired) electrons. The molecule has 2 heterocycles. The molecule has 0 spiro atoms. The summed E-state index contributed by atoms with van der Waals surface area (Å²) in [5.74, 6) is 0.691. The van der Waals surface area contributed by atoms with E-state index in [0.717, 1.165) is 10.7 Å². The molecular formula is C15H15N3O3S. The Bertz CT molecular complexity index is 759. The highest BCUT2D eigenvalue weighted by Crippen LogP contribution is 2.28. The Morgan fingerprint density at radius 1 is 1.32 bits per heavy atom. The monoisotopic (exact) mass is 317 g/mol. The van der Waals surface area contributed by atoms with Crippen molar-refractivity contribution in [2.24, 2.45) is 0 Å². The third-order valence-corrected chi connectivity index (χ3v) is 4.00. The number of ether oxygens (including phenoxy) is 2. The van der Waals surface area contributed by atoms with E-state index in [1.54, 1.807) is 29.5 Å². The second-order valence-electron chi connectivity index (χ2n) is 4.55. The molecule has 3 rings (SSSR count). The second kappa shape index (κ2) is 6.07. The average molecular weight is 317 g/mol.